The Hall–Kier alpha value is -2.95. The van der Waals surface area contributed by atoms with Crippen molar-refractivity contribution in [2.75, 3.05) is 16.8 Å². The Labute approximate surface area is 141 Å². The van der Waals surface area contributed by atoms with Crippen LogP contribution in [0.2, 0.25) is 0 Å². The van der Waals surface area contributed by atoms with Gasteiger partial charge in [0.15, 0.2) is 5.78 Å². The molecule has 0 aliphatic carbocycles. The van der Waals surface area contributed by atoms with E-state index < -0.39 is 0 Å². The molecule has 0 radical (unpaired) electrons. The number of carbonyl (C=O) groups excluding carboxylic acids is 3. The lowest BCUT2D eigenvalue weighted by molar-refractivity contribution is -0.120. The molecule has 0 unspecified atom stereocenters. The van der Waals surface area contributed by atoms with Gasteiger partial charge >= 0.3 is 0 Å². The zero-order chi connectivity index (χ0) is 17.7. The van der Waals surface area contributed by atoms with E-state index in [2.05, 4.69) is 5.32 Å². The van der Waals surface area contributed by atoms with Crippen molar-refractivity contribution in [3.63, 3.8) is 0 Å². The number of hydrogen-bond acceptors (Lipinski definition) is 3. The minimum Gasteiger partial charge on any atom is -0.325 e. The molecule has 0 aliphatic rings. The smallest absolute Gasteiger partial charge is 0.244 e. The van der Waals surface area contributed by atoms with Crippen molar-refractivity contribution >= 4 is 29.0 Å². The van der Waals surface area contributed by atoms with Crippen LogP contribution in [0.5, 0.6) is 0 Å². The van der Waals surface area contributed by atoms with Crippen LogP contribution in [0.4, 0.5) is 11.4 Å². The highest BCUT2D eigenvalue weighted by molar-refractivity contribution is 6.03. The van der Waals surface area contributed by atoms with Crippen molar-refractivity contribution < 1.29 is 14.4 Å². The summed E-state index contributed by atoms with van der Waals surface area (Å²) < 4.78 is 0. The van der Waals surface area contributed by atoms with Gasteiger partial charge in [-0.3, -0.25) is 14.4 Å². The molecule has 5 nitrogen and oxygen atoms in total. The molecule has 24 heavy (non-hydrogen) atoms. The van der Waals surface area contributed by atoms with E-state index in [0.29, 0.717) is 16.9 Å². The number of carbonyl (C=O) groups is 3. The second-order valence-electron chi connectivity index (χ2n) is 5.63. The first-order chi connectivity index (χ1) is 11.4. The van der Waals surface area contributed by atoms with Crippen molar-refractivity contribution in [2.24, 2.45) is 0 Å². The maximum atomic E-state index is 12.3. The third-order valence-electron chi connectivity index (χ3n) is 3.55. The molecule has 0 heterocycles. The fourth-order valence-corrected chi connectivity index (χ4v) is 2.34. The fraction of sp³-hybridized carbons (Fsp3) is 0.211. The lowest BCUT2D eigenvalue weighted by Crippen LogP contribution is -2.36. The first kappa shape index (κ1) is 17.4. The number of benzene rings is 2. The van der Waals surface area contributed by atoms with Crippen LogP contribution >= 0.6 is 0 Å². The van der Waals surface area contributed by atoms with E-state index in [9.17, 15) is 14.4 Å². The molecular weight excluding hydrogens is 304 g/mol. The first-order valence-corrected chi connectivity index (χ1v) is 7.62. The second-order valence-corrected chi connectivity index (χ2v) is 5.63. The predicted octanol–water partition coefficient (Wildman–Crippen LogP) is 3.19. The molecule has 0 spiro atoms. The molecule has 2 rings (SSSR count). The van der Waals surface area contributed by atoms with Gasteiger partial charge in [-0.1, -0.05) is 24.3 Å². The van der Waals surface area contributed by atoms with Gasteiger partial charge in [-0.2, -0.15) is 0 Å². The zero-order valence-corrected chi connectivity index (χ0v) is 14.0. The average molecular weight is 324 g/mol. The Kier molecular flexibility index (Phi) is 5.47. The van der Waals surface area contributed by atoms with Crippen LogP contribution in [0.25, 0.3) is 0 Å². The summed E-state index contributed by atoms with van der Waals surface area (Å²) in [5, 5.41) is 2.78. The number of nitrogens with zero attached hydrogens (tertiary/aromatic N) is 1. The van der Waals surface area contributed by atoms with Crippen molar-refractivity contribution in [1.29, 1.82) is 0 Å². The van der Waals surface area contributed by atoms with Crippen molar-refractivity contribution in [3.05, 3.63) is 59.7 Å². The normalized spacial score (nSPS) is 10.1. The summed E-state index contributed by atoms with van der Waals surface area (Å²) in [6.45, 7) is 4.66. The van der Waals surface area contributed by atoms with Gasteiger partial charge < -0.3 is 10.2 Å². The Morgan fingerprint density at radius 1 is 1.00 bits per heavy atom. The molecule has 1 N–H and O–H groups in total. The molecule has 124 valence electrons. The van der Waals surface area contributed by atoms with Gasteiger partial charge in [0.1, 0.15) is 6.54 Å². The summed E-state index contributed by atoms with van der Waals surface area (Å²) in [5.74, 6) is -0.663. The Morgan fingerprint density at radius 2 is 1.71 bits per heavy atom. The summed E-state index contributed by atoms with van der Waals surface area (Å²) in [4.78, 5) is 37.0. The van der Waals surface area contributed by atoms with E-state index in [4.69, 9.17) is 0 Å². The van der Waals surface area contributed by atoms with Gasteiger partial charge in [0.25, 0.3) is 0 Å². The molecule has 5 heteroatoms. The molecule has 2 aromatic carbocycles. The monoisotopic (exact) mass is 324 g/mol. The number of aryl methyl sites for hydroxylation is 1. The van der Waals surface area contributed by atoms with Gasteiger partial charge in [-0.25, -0.2) is 0 Å². The topological polar surface area (TPSA) is 66.5 Å². The SMILES string of the molecule is CC(=O)c1cccc(N(CC(=O)Nc2cccc(C)c2)C(C)=O)c1. The molecule has 2 amide bonds. The molecule has 0 bridgehead atoms. The van der Waals surface area contributed by atoms with Crippen molar-refractivity contribution in [1.82, 2.24) is 0 Å². The third kappa shape index (κ3) is 4.52. The maximum absolute atomic E-state index is 12.3. The van der Waals surface area contributed by atoms with E-state index in [-0.39, 0.29) is 24.1 Å². The Bertz CT molecular complexity index is 784. The molecule has 0 aliphatic heterocycles. The lowest BCUT2D eigenvalue weighted by atomic mass is 10.1. The molecule has 0 saturated heterocycles. The summed E-state index contributed by atoms with van der Waals surface area (Å²) in [6, 6.07) is 14.1. The number of rotatable bonds is 5. The Balaban J connectivity index is 2.16. The van der Waals surface area contributed by atoms with Crippen LogP contribution in [-0.4, -0.2) is 24.1 Å². The van der Waals surface area contributed by atoms with E-state index >= 15 is 0 Å². The highest BCUT2D eigenvalue weighted by Gasteiger charge is 2.17. The van der Waals surface area contributed by atoms with E-state index in [0.717, 1.165) is 5.56 Å². The van der Waals surface area contributed by atoms with Gasteiger partial charge in [0.2, 0.25) is 11.8 Å². The number of Topliss-reactive ketones (excluding diaryl/α,β-unsaturated/α-hetero) is 1. The number of anilines is 2. The van der Waals surface area contributed by atoms with E-state index in [1.54, 1.807) is 30.3 Å². The number of ketones is 1. The predicted molar refractivity (Wildman–Crippen MR) is 94.3 cm³/mol. The van der Waals surface area contributed by atoms with E-state index in [1.807, 2.05) is 25.1 Å². The summed E-state index contributed by atoms with van der Waals surface area (Å²) in [7, 11) is 0. The van der Waals surface area contributed by atoms with Crippen LogP contribution in [0, 0.1) is 6.92 Å². The molecule has 0 fully saturated rings. The lowest BCUT2D eigenvalue weighted by Gasteiger charge is -2.21. The third-order valence-corrected chi connectivity index (χ3v) is 3.55. The minimum atomic E-state index is -0.302. The van der Waals surface area contributed by atoms with Crippen LogP contribution in [0.1, 0.15) is 29.8 Å². The standard InChI is InChI=1S/C19H20N2O3/c1-13-6-4-8-17(10-13)20-19(24)12-21(15(3)23)18-9-5-7-16(11-18)14(2)22/h4-11H,12H2,1-3H3,(H,20,24). The average Bonchev–Trinajstić information content (AvgIpc) is 2.52. The maximum Gasteiger partial charge on any atom is 0.244 e. The quantitative estimate of drug-likeness (QED) is 0.859. The Morgan fingerprint density at radius 3 is 2.33 bits per heavy atom. The zero-order valence-electron chi connectivity index (χ0n) is 14.0. The van der Waals surface area contributed by atoms with Crippen molar-refractivity contribution in [3.8, 4) is 0 Å². The largest absolute Gasteiger partial charge is 0.325 e. The number of amides is 2. The highest BCUT2D eigenvalue weighted by Crippen LogP contribution is 2.17. The molecule has 2 aromatic rings. The van der Waals surface area contributed by atoms with Gasteiger partial charge in [0.05, 0.1) is 0 Å². The van der Waals surface area contributed by atoms with Gasteiger partial charge in [-0.15, -0.1) is 0 Å². The van der Waals surface area contributed by atoms with Crippen LogP contribution in [0.15, 0.2) is 48.5 Å². The minimum absolute atomic E-state index is 0.0930. The second kappa shape index (κ2) is 7.55. The summed E-state index contributed by atoms with van der Waals surface area (Å²) in [6.07, 6.45) is 0. The summed E-state index contributed by atoms with van der Waals surface area (Å²) >= 11 is 0. The summed E-state index contributed by atoms with van der Waals surface area (Å²) in [5.41, 5.74) is 2.74. The van der Waals surface area contributed by atoms with Gasteiger partial charge in [-0.05, 0) is 43.7 Å². The van der Waals surface area contributed by atoms with Crippen molar-refractivity contribution in [2.45, 2.75) is 20.8 Å². The number of nitrogens with one attached hydrogen (secondary N) is 1. The van der Waals surface area contributed by atoms with Crippen LogP contribution < -0.4 is 10.2 Å². The molecule has 0 saturated carbocycles. The van der Waals surface area contributed by atoms with Crippen LogP contribution in [0.3, 0.4) is 0 Å². The first-order valence-electron chi connectivity index (χ1n) is 7.62. The van der Waals surface area contributed by atoms with Crippen LogP contribution in [-0.2, 0) is 9.59 Å². The fourth-order valence-electron chi connectivity index (χ4n) is 2.34. The van der Waals surface area contributed by atoms with Gasteiger partial charge in [0, 0.05) is 23.9 Å². The highest BCUT2D eigenvalue weighted by atomic mass is 16.2. The number of hydrogen-bond donors (Lipinski definition) is 1. The molecular formula is C19H20N2O3. The van der Waals surface area contributed by atoms with E-state index in [1.165, 1.54) is 18.7 Å². The molecule has 0 aromatic heterocycles. The molecule has 0 atom stereocenters.